The maximum atomic E-state index is 13.0. The van der Waals surface area contributed by atoms with E-state index in [1.807, 2.05) is 54.6 Å². The van der Waals surface area contributed by atoms with Crippen LogP contribution in [-0.4, -0.2) is 34.8 Å². The predicted molar refractivity (Wildman–Crippen MR) is 138 cm³/mol. The van der Waals surface area contributed by atoms with Crippen LogP contribution in [0.5, 0.6) is 0 Å². The molecule has 4 aromatic rings. The zero-order valence-corrected chi connectivity index (χ0v) is 20.2. The second kappa shape index (κ2) is 10.2. The van der Waals surface area contributed by atoms with Gasteiger partial charge in [0.2, 0.25) is 11.0 Å². The summed E-state index contributed by atoms with van der Waals surface area (Å²) in [5.74, 6) is -0.467. The van der Waals surface area contributed by atoms with E-state index >= 15 is 0 Å². The van der Waals surface area contributed by atoms with Crippen molar-refractivity contribution in [1.82, 2.24) is 15.5 Å². The molecule has 1 aliphatic carbocycles. The Hall–Kier alpha value is -3.82. The number of amides is 2. The molecule has 0 aliphatic heterocycles. The van der Waals surface area contributed by atoms with E-state index in [-0.39, 0.29) is 12.5 Å². The number of aromatic amines is 1. The molecule has 0 saturated carbocycles. The van der Waals surface area contributed by atoms with Gasteiger partial charge in [0, 0.05) is 12.3 Å². The Morgan fingerprint density at radius 3 is 2.23 bits per heavy atom. The predicted octanol–water partition coefficient (Wildman–Crippen LogP) is 5.29. The Labute approximate surface area is 211 Å². The number of carbonyl (C=O) groups is 2. The standard InChI is InChI=1S/C26H22N4O3S2/c31-23(28-24-29-30-26(34)35-24)22(14-16-8-2-1-3-9-16)27-25(32)33-15-21-19-12-6-4-10-17(19)18-11-5-7-13-20(18)21/h1-13,21-22H,14-15H2,(H,27,32)(H,30,34)(H,28,29,31). The lowest BCUT2D eigenvalue weighted by molar-refractivity contribution is -0.118. The van der Waals surface area contributed by atoms with Gasteiger partial charge in [-0.3, -0.25) is 15.2 Å². The molecule has 7 nitrogen and oxygen atoms in total. The van der Waals surface area contributed by atoms with Crippen molar-refractivity contribution in [2.75, 3.05) is 11.9 Å². The van der Waals surface area contributed by atoms with Crippen LogP contribution in [0.15, 0.2) is 78.9 Å². The van der Waals surface area contributed by atoms with Crippen molar-refractivity contribution in [2.24, 2.45) is 0 Å². The fourth-order valence-corrected chi connectivity index (χ4v) is 5.11. The van der Waals surface area contributed by atoms with E-state index in [0.717, 1.165) is 39.2 Å². The largest absolute Gasteiger partial charge is 0.449 e. The van der Waals surface area contributed by atoms with Gasteiger partial charge in [-0.2, -0.15) is 0 Å². The molecule has 35 heavy (non-hydrogen) atoms. The van der Waals surface area contributed by atoms with Gasteiger partial charge in [0.25, 0.3) is 0 Å². The third-order valence-corrected chi connectivity index (χ3v) is 6.91. The number of anilines is 1. The van der Waals surface area contributed by atoms with E-state index in [2.05, 4.69) is 45.1 Å². The van der Waals surface area contributed by atoms with Gasteiger partial charge >= 0.3 is 6.09 Å². The minimum atomic E-state index is -0.856. The normalized spacial score (nSPS) is 12.9. The van der Waals surface area contributed by atoms with E-state index in [9.17, 15) is 9.59 Å². The second-order valence-electron chi connectivity index (χ2n) is 8.12. The summed E-state index contributed by atoms with van der Waals surface area (Å²) < 4.78 is 6.09. The van der Waals surface area contributed by atoms with Crippen molar-refractivity contribution >= 4 is 40.7 Å². The molecule has 0 bridgehead atoms. The molecule has 0 radical (unpaired) electrons. The van der Waals surface area contributed by atoms with E-state index in [0.29, 0.717) is 15.5 Å². The fraction of sp³-hybridized carbons (Fsp3) is 0.154. The number of benzene rings is 3. The van der Waals surface area contributed by atoms with Crippen molar-refractivity contribution in [1.29, 1.82) is 0 Å². The quantitative estimate of drug-likeness (QED) is 0.299. The van der Waals surface area contributed by atoms with Crippen molar-refractivity contribution in [3.05, 3.63) is 99.5 Å². The third-order valence-electron chi connectivity index (χ3n) is 5.90. The Morgan fingerprint density at radius 2 is 1.60 bits per heavy atom. The van der Waals surface area contributed by atoms with Crippen molar-refractivity contribution < 1.29 is 14.3 Å². The highest BCUT2D eigenvalue weighted by Gasteiger charge is 2.30. The van der Waals surface area contributed by atoms with Crippen LogP contribution in [0.4, 0.5) is 9.93 Å². The number of fused-ring (bicyclic) bond motifs is 3. The summed E-state index contributed by atoms with van der Waals surface area (Å²) in [5, 5.41) is 12.4. The molecule has 3 aromatic carbocycles. The topological polar surface area (TPSA) is 96.1 Å². The highest BCUT2D eigenvalue weighted by atomic mass is 32.1. The molecule has 2 amide bonds. The van der Waals surface area contributed by atoms with Gasteiger partial charge in [0.05, 0.1) is 0 Å². The van der Waals surface area contributed by atoms with Crippen LogP contribution < -0.4 is 10.6 Å². The SMILES string of the molecule is O=C(NC(Cc1ccccc1)C(=O)Nc1n[nH]c(=S)s1)OCC1c2ccccc2-c2ccccc21. The number of alkyl carbamates (subject to hydrolysis) is 1. The van der Waals surface area contributed by atoms with E-state index in [1.165, 1.54) is 0 Å². The van der Waals surface area contributed by atoms with Gasteiger partial charge in [0.1, 0.15) is 12.6 Å². The number of H-pyrrole nitrogens is 1. The maximum absolute atomic E-state index is 13.0. The van der Waals surface area contributed by atoms with Gasteiger partial charge < -0.3 is 10.1 Å². The molecule has 176 valence electrons. The van der Waals surface area contributed by atoms with Crippen LogP contribution >= 0.6 is 23.6 Å². The van der Waals surface area contributed by atoms with E-state index in [4.69, 9.17) is 17.0 Å². The number of ether oxygens (including phenoxy) is 1. The molecule has 0 fully saturated rings. The molecular weight excluding hydrogens is 480 g/mol. The highest BCUT2D eigenvalue weighted by molar-refractivity contribution is 7.73. The van der Waals surface area contributed by atoms with Gasteiger partial charge in [0.15, 0.2) is 3.95 Å². The Balaban J connectivity index is 1.29. The molecule has 5 rings (SSSR count). The van der Waals surface area contributed by atoms with Gasteiger partial charge in [-0.05, 0) is 40.0 Å². The Bertz CT molecular complexity index is 1370. The van der Waals surface area contributed by atoms with E-state index < -0.39 is 18.0 Å². The van der Waals surface area contributed by atoms with Crippen LogP contribution in [0.3, 0.4) is 0 Å². The van der Waals surface area contributed by atoms with Crippen LogP contribution in [0, 0.1) is 3.95 Å². The van der Waals surface area contributed by atoms with Crippen LogP contribution in [0.25, 0.3) is 11.1 Å². The van der Waals surface area contributed by atoms with Crippen LogP contribution in [0.1, 0.15) is 22.6 Å². The van der Waals surface area contributed by atoms with Gasteiger partial charge in [-0.15, -0.1) is 5.10 Å². The summed E-state index contributed by atoms with van der Waals surface area (Å²) in [7, 11) is 0. The minimum Gasteiger partial charge on any atom is -0.449 e. The number of hydrogen-bond acceptors (Lipinski definition) is 6. The van der Waals surface area contributed by atoms with Crippen LogP contribution in [-0.2, 0) is 16.0 Å². The molecule has 3 N–H and O–H groups in total. The average molecular weight is 503 g/mol. The zero-order valence-electron chi connectivity index (χ0n) is 18.6. The average Bonchev–Trinajstić information content (AvgIpc) is 3.43. The first kappa shape index (κ1) is 22.9. The maximum Gasteiger partial charge on any atom is 0.407 e. The van der Waals surface area contributed by atoms with Crippen molar-refractivity contribution in [3.63, 3.8) is 0 Å². The lowest BCUT2D eigenvalue weighted by atomic mass is 9.98. The summed E-state index contributed by atoms with van der Waals surface area (Å²) in [6, 6.07) is 24.9. The first-order chi connectivity index (χ1) is 17.1. The first-order valence-electron chi connectivity index (χ1n) is 11.1. The minimum absolute atomic E-state index is 0.0640. The second-order valence-corrected chi connectivity index (χ2v) is 9.79. The van der Waals surface area contributed by atoms with Crippen molar-refractivity contribution in [3.8, 4) is 11.1 Å². The molecule has 0 spiro atoms. The summed E-state index contributed by atoms with van der Waals surface area (Å²) in [6.45, 7) is 0.167. The molecule has 1 heterocycles. The Kier molecular flexibility index (Phi) is 6.69. The molecular formula is C26H22N4O3S2. The molecule has 1 aliphatic rings. The summed E-state index contributed by atoms with van der Waals surface area (Å²) in [4.78, 5) is 25.8. The molecule has 9 heteroatoms. The summed E-state index contributed by atoms with van der Waals surface area (Å²) in [5.41, 5.74) is 5.46. The fourth-order valence-electron chi connectivity index (χ4n) is 4.32. The zero-order chi connectivity index (χ0) is 24.2. The summed E-state index contributed by atoms with van der Waals surface area (Å²) in [6.07, 6.45) is -0.357. The molecule has 1 aromatic heterocycles. The van der Waals surface area contributed by atoms with Crippen LogP contribution in [0.2, 0.25) is 0 Å². The monoisotopic (exact) mass is 502 g/mol. The molecule has 1 atom stereocenters. The van der Waals surface area contributed by atoms with E-state index in [1.54, 1.807) is 0 Å². The van der Waals surface area contributed by atoms with Gasteiger partial charge in [-0.25, -0.2) is 4.79 Å². The smallest absolute Gasteiger partial charge is 0.407 e. The number of nitrogens with zero attached hydrogens (tertiary/aromatic N) is 1. The van der Waals surface area contributed by atoms with Crippen molar-refractivity contribution in [2.45, 2.75) is 18.4 Å². The third kappa shape index (κ3) is 5.16. The number of aromatic nitrogens is 2. The first-order valence-corrected chi connectivity index (χ1v) is 12.3. The number of rotatable bonds is 7. The highest BCUT2D eigenvalue weighted by Crippen LogP contribution is 2.44. The number of hydrogen-bond donors (Lipinski definition) is 3. The number of nitrogens with one attached hydrogen (secondary N) is 3. The lowest BCUT2D eigenvalue weighted by Crippen LogP contribution is -2.45. The summed E-state index contributed by atoms with van der Waals surface area (Å²) >= 11 is 6.17. The molecule has 0 saturated heterocycles. The lowest BCUT2D eigenvalue weighted by Gasteiger charge is -2.19. The molecule has 1 unspecified atom stereocenters. The van der Waals surface area contributed by atoms with Gasteiger partial charge in [-0.1, -0.05) is 90.2 Å². The Morgan fingerprint density at radius 1 is 0.971 bits per heavy atom. The number of carbonyl (C=O) groups excluding carboxylic acids is 2.